The fraction of sp³-hybridized carbons (Fsp3) is 0.167. The third kappa shape index (κ3) is 3.67. The zero-order valence-corrected chi connectivity index (χ0v) is 12.6. The second-order valence-corrected chi connectivity index (χ2v) is 4.64. The summed E-state index contributed by atoms with van der Waals surface area (Å²) in [5, 5.41) is 9.45. The molecule has 0 atom stereocenters. The third-order valence-electron chi connectivity index (χ3n) is 3.21. The minimum Gasteiger partial charge on any atom is -0.508 e. The largest absolute Gasteiger partial charge is 0.508 e. The van der Waals surface area contributed by atoms with Gasteiger partial charge in [-0.15, -0.1) is 0 Å². The molecule has 0 aliphatic rings. The van der Waals surface area contributed by atoms with Crippen LogP contribution >= 0.6 is 0 Å². The molecule has 0 aliphatic heterocycles. The van der Waals surface area contributed by atoms with Crippen molar-refractivity contribution < 1.29 is 19.4 Å². The highest BCUT2D eigenvalue weighted by atomic mass is 16.5. The number of hydrogen-bond acceptors (Lipinski definition) is 4. The summed E-state index contributed by atoms with van der Waals surface area (Å²) in [6, 6.07) is 14.1. The summed E-state index contributed by atoms with van der Waals surface area (Å²) >= 11 is 0. The summed E-state index contributed by atoms with van der Waals surface area (Å²) in [5.74, 6) is 0.330. The average Bonchev–Trinajstić information content (AvgIpc) is 2.54. The van der Waals surface area contributed by atoms with E-state index in [4.69, 9.17) is 9.47 Å². The lowest BCUT2D eigenvalue weighted by molar-refractivity contribution is -0.133. The van der Waals surface area contributed by atoms with Gasteiger partial charge in [-0.25, -0.2) is 4.79 Å². The van der Waals surface area contributed by atoms with E-state index in [1.165, 1.54) is 7.11 Å². The summed E-state index contributed by atoms with van der Waals surface area (Å²) in [4.78, 5) is 11.9. The molecule has 0 fully saturated rings. The van der Waals surface area contributed by atoms with E-state index < -0.39 is 0 Å². The molecule has 1 N–H and O–H groups in total. The van der Waals surface area contributed by atoms with Crippen molar-refractivity contribution in [1.29, 1.82) is 0 Å². The highest BCUT2D eigenvalue weighted by Crippen LogP contribution is 2.23. The van der Waals surface area contributed by atoms with Gasteiger partial charge >= 0.3 is 5.97 Å². The Morgan fingerprint density at radius 3 is 2.64 bits per heavy atom. The Kier molecular flexibility index (Phi) is 5.20. The molecule has 2 aromatic carbocycles. The van der Waals surface area contributed by atoms with Gasteiger partial charge in [-0.3, -0.25) is 0 Å². The topological polar surface area (TPSA) is 55.8 Å². The summed E-state index contributed by atoms with van der Waals surface area (Å²) in [6.07, 6.45) is 1.72. The van der Waals surface area contributed by atoms with Crippen molar-refractivity contribution in [3.05, 3.63) is 65.7 Å². The number of esters is 1. The molecule has 4 nitrogen and oxygen atoms in total. The number of allylic oxidation sites excluding steroid dienone is 1. The number of benzene rings is 2. The van der Waals surface area contributed by atoms with Crippen molar-refractivity contribution in [3.63, 3.8) is 0 Å². The zero-order valence-electron chi connectivity index (χ0n) is 12.6. The van der Waals surface area contributed by atoms with Crippen molar-refractivity contribution in [2.24, 2.45) is 0 Å². The Labute approximate surface area is 129 Å². The van der Waals surface area contributed by atoms with Crippen LogP contribution < -0.4 is 4.74 Å². The van der Waals surface area contributed by atoms with Crippen LogP contribution in [0, 0.1) is 0 Å². The lowest BCUT2D eigenvalue weighted by Crippen LogP contribution is -2.07. The Morgan fingerprint density at radius 2 is 1.95 bits per heavy atom. The SMILES string of the molecule is CC=C(C(=O)OC)c1ccccc1COc1cccc(O)c1. The summed E-state index contributed by atoms with van der Waals surface area (Å²) in [6.45, 7) is 2.08. The van der Waals surface area contributed by atoms with Crippen LogP contribution in [-0.4, -0.2) is 18.2 Å². The van der Waals surface area contributed by atoms with Gasteiger partial charge in [0.25, 0.3) is 0 Å². The number of carbonyl (C=O) groups excluding carboxylic acids is 1. The van der Waals surface area contributed by atoms with E-state index in [9.17, 15) is 9.90 Å². The molecule has 4 heteroatoms. The standard InChI is InChI=1S/C18H18O4/c1-3-16(18(20)21-2)17-10-5-4-7-13(17)12-22-15-9-6-8-14(19)11-15/h3-11,19H,12H2,1-2H3. The molecular formula is C18H18O4. The zero-order chi connectivity index (χ0) is 15.9. The monoisotopic (exact) mass is 298 g/mol. The molecule has 0 saturated carbocycles. The van der Waals surface area contributed by atoms with Crippen LogP contribution in [0.3, 0.4) is 0 Å². The Balaban J connectivity index is 2.23. The number of ether oxygens (including phenoxy) is 2. The molecule has 0 unspecified atom stereocenters. The van der Waals surface area contributed by atoms with Gasteiger partial charge in [0.05, 0.1) is 12.7 Å². The maximum atomic E-state index is 11.9. The number of methoxy groups -OCH3 is 1. The van der Waals surface area contributed by atoms with Crippen molar-refractivity contribution in [3.8, 4) is 11.5 Å². The minimum atomic E-state index is -0.382. The third-order valence-corrected chi connectivity index (χ3v) is 3.21. The molecule has 0 aliphatic carbocycles. The van der Waals surface area contributed by atoms with Crippen molar-refractivity contribution in [2.45, 2.75) is 13.5 Å². The molecule has 0 spiro atoms. The van der Waals surface area contributed by atoms with Gasteiger partial charge in [0.1, 0.15) is 18.1 Å². The molecule has 22 heavy (non-hydrogen) atoms. The molecule has 0 amide bonds. The summed E-state index contributed by atoms with van der Waals surface area (Å²) in [7, 11) is 1.36. The first kappa shape index (κ1) is 15.6. The number of rotatable bonds is 5. The fourth-order valence-corrected chi connectivity index (χ4v) is 2.14. The fourth-order valence-electron chi connectivity index (χ4n) is 2.14. The lowest BCUT2D eigenvalue weighted by atomic mass is 10.00. The van der Waals surface area contributed by atoms with Gasteiger partial charge in [0, 0.05) is 6.07 Å². The van der Waals surface area contributed by atoms with Gasteiger partial charge in [-0.2, -0.15) is 0 Å². The second kappa shape index (κ2) is 7.31. The Bertz CT molecular complexity index is 689. The maximum Gasteiger partial charge on any atom is 0.338 e. The Morgan fingerprint density at radius 1 is 1.18 bits per heavy atom. The van der Waals surface area contributed by atoms with E-state index in [0.717, 1.165) is 11.1 Å². The molecular weight excluding hydrogens is 280 g/mol. The van der Waals surface area contributed by atoms with E-state index in [0.29, 0.717) is 11.3 Å². The normalized spacial score (nSPS) is 11.1. The van der Waals surface area contributed by atoms with E-state index >= 15 is 0 Å². The molecule has 0 saturated heterocycles. The smallest absolute Gasteiger partial charge is 0.338 e. The lowest BCUT2D eigenvalue weighted by Gasteiger charge is -2.12. The van der Waals surface area contributed by atoms with Gasteiger partial charge in [0.2, 0.25) is 0 Å². The van der Waals surface area contributed by atoms with Crippen LogP contribution in [0.4, 0.5) is 0 Å². The van der Waals surface area contributed by atoms with Crippen molar-refractivity contribution in [1.82, 2.24) is 0 Å². The molecule has 114 valence electrons. The van der Waals surface area contributed by atoms with Gasteiger partial charge in [-0.1, -0.05) is 36.4 Å². The number of hydrogen-bond donors (Lipinski definition) is 1. The van der Waals surface area contributed by atoms with Crippen LogP contribution in [0.5, 0.6) is 11.5 Å². The van der Waals surface area contributed by atoms with Crippen LogP contribution in [0.2, 0.25) is 0 Å². The molecule has 2 aromatic rings. The molecule has 2 rings (SSSR count). The quantitative estimate of drug-likeness (QED) is 0.677. The van der Waals surface area contributed by atoms with E-state index in [2.05, 4.69) is 0 Å². The number of aromatic hydroxyl groups is 1. The highest BCUT2D eigenvalue weighted by Gasteiger charge is 2.15. The van der Waals surface area contributed by atoms with Crippen LogP contribution in [0.1, 0.15) is 18.1 Å². The predicted molar refractivity (Wildman–Crippen MR) is 84.5 cm³/mol. The summed E-state index contributed by atoms with van der Waals surface area (Å²) < 4.78 is 10.5. The number of carbonyl (C=O) groups is 1. The number of phenolic OH excluding ortho intramolecular Hbond substituents is 1. The van der Waals surface area contributed by atoms with Gasteiger partial charge in [0.15, 0.2) is 0 Å². The first-order chi connectivity index (χ1) is 10.7. The maximum absolute atomic E-state index is 11.9. The molecule has 0 aromatic heterocycles. The first-order valence-electron chi connectivity index (χ1n) is 6.90. The molecule has 0 bridgehead atoms. The van der Waals surface area contributed by atoms with Crippen molar-refractivity contribution >= 4 is 11.5 Å². The van der Waals surface area contributed by atoms with Crippen LogP contribution in [0.25, 0.3) is 5.57 Å². The highest BCUT2D eigenvalue weighted by molar-refractivity contribution is 6.16. The van der Waals surface area contributed by atoms with Crippen LogP contribution in [0.15, 0.2) is 54.6 Å². The first-order valence-corrected chi connectivity index (χ1v) is 6.90. The van der Waals surface area contributed by atoms with Crippen LogP contribution in [-0.2, 0) is 16.1 Å². The molecule has 0 radical (unpaired) electrons. The van der Waals surface area contributed by atoms with Gasteiger partial charge < -0.3 is 14.6 Å². The Hall–Kier alpha value is -2.75. The van der Waals surface area contributed by atoms with Crippen molar-refractivity contribution in [2.75, 3.05) is 7.11 Å². The predicted octanol–water partition coefficient (Wildman–Crippen LogP) is 3.55. The second-order valence-electron chi connectivity index (χ2n) is 4.64. The van der Waals surface area contributed by atoms with E-state index in [1.807, 2.05) is 24.3 Å². The van der Waals surface area contributed by atoms with Gasteiger partial charge in [-0.05, 0) is 30.2 Å². The van der Waals surface area contributed by atoms with E-state index in [1.54, 1.807) is 37.3 Å². The molecule has 0 heterocycles. The average molecular weight is 298 g/mol. The summed E-state index contributed by atoms with van der Waals surface area (Å²) in [5.41, 5.74) is 2.14. The van der Waals surface area contributed by atoms with E-state index in [-0.39, 0.29) is 18.3 Å². The number of phenols is 1. The minimum absolute atomic E-state index is 0.148.